The highest BCUT2D eigenvalue weighted by Crippen LogP contribution is 2.16. The molecule has 0 N–H and O–H groups in total. The molecule has 1 unspecified atom stereocenters. The van der Waals surface area contributed by atoms with Crippen LogP contribution in [0.3, 0.4) is 0 Å². The van der Waals surface area contributed by atoms with E-state index in [-0.39, 0.29) is 23.3 Å². The lowest BCUT2D eigenvalue weighted by molar-refractivity contribution is 0.0666. The van der Waals surface area contributed by atoms with Crippen LogP contribution in [0.1, 0.15) is 36.3 Å². The molecule has 1 amide bonds. The monoisotopic (exact) mass is 380 g/mol. The summed E-state index contributed by atoms with van der Waals surface area (Å²) in [5, 5.41) is 0.305. The first-order valence-electron chi connectivity index (χ1n) is 9.26. The van der Waals surface area contributed by atoms with Gasteiger partial charge in [-0.05, 0) is 31.0 Å². The summed E-state index contributed by atoms with van der Waals surface area (Å²) in [6.45, 7) is 4.48. The van der Waals surface area contributed by atoms with Gasteiger partial charge in [-0.2, -0.15) is 0 Å². The minimum atomic E-state index is -0.474. The van der Waals surface area contributed by atoms with E-state index in [9.17, 15) is 14.4 Å². The van der Waals surface area contributed by atoms with E-state index < -0.39 is 11.2 Å². The Kier molecular flexibility index (Phi) is 5.44. The number of aryl methyl sites for hydroxylation is 1. The molecule has 1 atom stereocenters. The van der Waals surface area contributed by atoms with Crippen molar-refractivity contribution in [2.24, 2.45) is 14.1 Å². The minimum absolute atomic E-state index is 0.0117. The fourth-order valence-corrected chi connectivity index (χ4v) is 3.15. The minimum Gasteiger partial charge on any atom is -0.330 e. The molecule has 2 aromatic heterocycles. The molecule has 0 saturated carbocycles. The van der Waals surface area contributed by atoms with Gasteiger partial charge in [-0.25, -0.2) is 9.78 Å². The molecule has 2 heterocycles. The predicted octanol–water partition coefficient (Wildman–Crippen LogP) is 2.07. The number of carbonyl (C=O) groups is 1. The van der Waals surface area contributed by atoms with Crippen LogP contribution in [0, 0.1) is 0 Å². The Labute approximate surface area is 162 Å². The fraction of sp³-hybridized carbons (Fsp3) is 0.333. The number of fused-ring (bicyclic) bond motifs is 1. The number of benzene rings is 1. The molecule has 3 aromatic rings. The Balaban J connectivity index is 2.07. The van der Waals surface area contributed by atoms with Gasteiger partial charge in [0.25, 0.3) is 11.5 Å². The van der Waals surface area contributed by atoms with Crippen LogP contribution in [0.25, 0.3) is 11.0 Å². The van der Waals surface area contributed by atoms with E-state index in [1.807, 2.05) is 44.2 Å². The smallest absolute Gasteiger partial charge is 0.330 e. The number of amides is 1. The van der Waals surface area contributed by atoms with Gasteiger partial charge in [-0.15, -0.1) is 0 Å². The van der Waals surface area contributed by atoms with Gasteiger partial charge in [-0.3, -0.25) is 18.7 Å². The number of hydrogen-bond acceptors (Lipinski definition) is 4. The van der Waals surface area contributed by atoms with E-state index >= 15 is 0 Å². The van der Waals surface area contributed by atoms with Crippen LogP contribution in [-0.2, 0) is 20.6 Å². The molecule has 28 heavy (non-hydrogen) atoms. The number of nitrogens with zero attached hydrogens (tertiary/aromatic N) is 4. The van der Waals surface area contributed by atoms with Crippen LogP contribution < -0.4 is 11.2 Å². The van der Waals surface area contributed by atoms with Gasteiger partial charge >= 0.3 is 5.69 Å². The maximum atomic E-state index is 13.2. The standard InChI is InChI=1S/C21H24N4O3/c1-5-14(2)25(13-15-9-7-6-8-10-15)20(27)17-12-11-16-18(22-17)23(3)21(28)24(4)19(16)26/h6-12,14H,5,13H2,1-4H3. The SMILES string of the molecule is CCC(C)N(Cc1ccccc1)C(=O)c1ccc2c(=O)n(C)c(=O)n(C)c2n1. The highest BCUT2D eigenvalue weighted by Gasteiger charge is 2.23. The summed E-state index contributed by atoms with van der Waals surface area (Å²) < 4.78 is 2.32. The lowest BCUT2D eigenvalue weighted by Gasteiger charge is -2.28. The van der Waals surface area contributed by atoms with E-state index in [0.29, 0.717) is 11.9 Å². The van der Waals surface area contributed by atoms with Gasteiger partial charge in [0.15, 0.2) is 0 Å². The molecule has 3 rings (SSSR count). The summed E-state index contributed by atoms with van der Waals surface area (Å²) in [7, 11) is 2.97. The molecule has 0 aliphatic carbocycles. The first-order chi connectivity index (χ1) is 13.3. The molecule has 0 saturated heterocycles. The lowest BCUT2D eigenvalue weighted by Crippen LogP contribution is -2.39. The lowest BCUT2D eigenvalue weighted by atomic mass is 10.1. The summed E-state index contributed by atoms with van der Waals surface area (Å²) in [6.07, 6.45) is 0.797. The molecule has 0 aliphatic heterocycles. The number of aromatic nitrogens is 3. The van der Waals surface area contributed by atoms with Crippen molar-refractivity contribution in [1.29, 1.82) is 0 Å². The zero-order valence-electron chi connectivity index (χ0n) is 16.5. The van der Waals surface area contributed by atoms with Gasteiger partial charge in [0.1, 0.15) is 11.3 Å². The predicted molar refractivity (Wildman–Crippen MR) is 108 cm³/mol. The van der Waals surface area contributed by atoms with Crippen molar-refractivity contribution in [3.8, 4) is 0 Å². The van der Waals surface area contributed by atoms with E-state index in [2.05, 4.69) is 4.98 Å². The largest absolute Gasteiger partial charge is 0.332 e. The second-order valence-corrected chi connectivity index (χ2v) is 6.95. The Bertz CT molecular complexity index is 1130. The molecular formula is C21H24N4O3. The quantitative estimate of drug-likeness (QED) is 0.679. The number of rotatable bonds is 5. The van der Waals surface area contributed by atoms with Crippen LogP contribution >= 0.6 is 0 Å². The molecule has 0 radical (unpaired) electrons. The van der Waals surface area contributed by atoms with Crippen molar-refractivity contribution in [2.45, 2.75) is 32.9 Å². The zero-order chi connectivity index (χ0) is 20.4. The summed E-state index contributed by atoms with van der Waals surface area (Å²) in [4.78, 5) is 43.9. The van der Waals surface area contributed by atoms with Crippen molar-refractivity contribution in [1.82, 2.24) is 19.0 Å². The molecular weight excluding hydrogens is 356 g/mol. The van der Waals surface area contributed by atoms with Crippen LogP contribution in [0.2, 0.25) is 0 Å². The van der Waals surface area contributed by atoms with E-state index in [0.717, 1.165) is 16.6 Å². The van der Waals surface area contributed by atoms with Gasteiger partial charge < -0.3 is 4.90 Å². The average molecular weight is 380 g/mol. The maximum Gasteiger partial charge on any atom is 0.332 e. The summed E-state index contributed by atoms with van der Waals surface area (Å²) >= 11 is 0. The zero-order valence-corrected chi connectivity index (χ0v) is 16.5. The summed E-state index contributed by atoms with van der Waals surface area (Å²) in [5.41, 5.74) is 0.554. The van der Waals surface area contributed by atoms with Gasteiger partial charge in [0.2, 0.25) is 0 Å². The Hall–Kier alpha value is -3.22. The van der Waals surface area contributed by atoms with Crippen molar-refractivity contribution >= 4 is 16.9 Å². The Morgan fingerprint density at radius 1 is 1.07 bits per heavy atom. The Morgan fingerprint density at radius 3 is 2.39 bits per heavy atom. The van der Waals surface area contributed by atoms with Crippen molar-refractivity contribution in [3.05, 3.63) is 74.6 Å². The molecule has 7 heteroatoms. The van der Waals surface area contributed by atoms with Gasteiger partial charge in [-0.1, -0.05) is 37.3 Å². The van der Waals surface area contributed by atoms with Gasteiger partial charge in [0, 0.05) is 26.7 Å². The van der Waals surface area contributed by atoms with Crippen LogP contribution in [0.4, 0.5) is 0 Å². The number of hydrogen-bond donors (Lipinski definition) is 0. The second-order valence-electron chi connectivity index (χ2n) is 6.95. The number of pyridine rings is 1. The van der Waals surface area contributed by atoms with Crippen molar-refractivity contribution < 1.29 is 4.79 Å². The summed E-state index contributed by atoms with van der Waals surface area (Å²) in [6, 6.07) is 12.9. The summed E-state index contributed by atoms with van der Waals surface area (Å²) in [5.74, 6) is -0.228. The van der Waals surface area contributed by atoms with Crippen molar-refractivity contribution in [3.63, 3.8) is 0 Å². The van der Waals surface area contributed by atoms with E-state index in [1.54, 1.807) is 24.1 Å². The van der Waals surface area contributed by atoms with E-state index in [4.69, 9.17) is 0 Å². The molecule has 1 aromatic carbocycles. The molecule has 146 valence electrons. The third-order valence-corrected chi connectivity index (χ3v) is 5.10. The first kappa shape index (κ1) is 19.5. The Morgan fingerprint density at radius 2 is 1.75 bits per heavy atom. The topological polar surface area (TPSA) is 77.2 Å². The normalized spacial score (nSPS) is 12.1. The average Bonchev–Trinajstić information content (AvgIpc) is 2.73. The van der Waals surface area contributed by atoms with Crippen molar-refractivity contribution in [2.75, 3.05) is 0 Å². The van der Waals surface area contributed by atoms with E-state index in [1.165, 1.54) is 11.6 Å². The van der Waals surface area contributed by atoms with Crippen LogP contribution in [-0.4, -0.2) is 31.0 Å². The molecule has 0 spiro atoms. The highest BCUT2D eigenvalue weighted by atomic mass is 16.2. The van der Waals surface area contributed by atoms with Crippen LogP contribution in [0.15, 0.2) is 52.1 Å². The third kappa shape index (κ3) is 3.47. The molecule has 7 nitrogen and oxygen atoms in total. The highest BCUT2D eigenvalue weighted by molar-refractivity contribution is 5.94. The molecule has 0 aliphatic rings. The number of carbonyl (C=O) groups excluding carboxylic acids is 1. The second kappa shape index (κ2) is 7.80. The fourth-order valence-electron chi connectivity index (χ4n) is 3.15. The molecule has 0 bridgehead atoms. The van der Waals surface area contributed by atoms with Gasteiger partial charge in [0.05, 0.1) is 5.39 Å². The third-order valence-electron chi connectivity index (χ3n) is 5.10. The molecule has 0 fully saturated rings. The first-order valence-corrected chi connectivity index (χ1v) is 9.26. The maximum absolute atomic E-state index is 13.2. The van der Waals surface area contributed by atoms with Crippen LogP contribution in [0.5, 0.6) is 0 Å².